The van der Waals surface area contributed by atoms with E-state index in [0.29, 0.717) is 12.1 Å². The number of urea groups is 1. The van der Waals surface area contributed by atoms with Gasteiger partial charge in [0.05, 0.1) is 0 Å². The van der Waals surface area contributed by atoms with Crippen molar-refractivity contribution in [2.75, 3.05) is 18.5 Å². The van der Waals surface area contributed by atoms with Gasteiger partial charge in [-0.25, -0.2) is 4.79 Å². The summed E-state index contributed by atoms with van der Waals surface area (Å²) in [6.07, 6.45) is 4.22. The minimum atomic E-state index is -0.108. The van der Waals surface area contributed by atoms with E-state index in [4.69, 9.17) is 0 Å². The molecule has 1 aliphatic rings. The molecule has 1 heterocycles. The highest BCUT2D eigenvalue weighted by molar-refractivity contribution is 5.98. The molecule has 1 aliphatic heterocycles. The van der Waals surface area contributed by atoms with E-state index in [2.05, 4.69) is 5.32 Å². The third-order valence-corrected chi connectivity index (χ3v) is 3.57. The van der Waals surface area contributed by atoms with Gasteiger partial charge in [0.15, 0.2) is 5.78 Å². The molecule has 0 unspecified atom stereocenters. The van der Waals surface area contributed by atoms with E-state index >= 15 is 0 Å². The van der Waals surface area contributed by atoms with Crippen molar-refractivity contribution in [1.29, 1.82) is 0 Å². The lowest BCUT2D eigenvalue weighted by molar-refractivity contribution is 0.101. The Bertz CT molecular complexity index is 497. The number of rotatable bonds is 1. The molecule has 0 saturated heterocycles. The zero-order valence-corrected chi connectivity index (χ0v) is 11.5. The molecule has 2 amide bonds. The Balaban J connectivity index is 2.46. The van der Waals surface area contributed by atoms with E-state index in [9.17, 15) is 9.59 Å². The molecule has 0 radical (unpaired) electrons. The minimum Gasteiger partial charge on any atom is -0.341 e. The number of amides is 2. The molecule has 0 fully saturated rings. The lowest BCUT2D eigenvalue weighted by Crippen LogP contribution is -2.40. The van der Waals surface area contributed by atoms with E-state index < -0.39 is 0 Å². The van der Waals surface area contributed by atoms with Crippen LogP contribution in [0.1, 0.15) is 42.1 Å². The zero-order chi connectivity index (χ0) is 13.8. The predicted octanol–water partition coefficient (Wildman–Crippen LogP) is 2.76. The maximum absolute atomic E-state index is 12.0. The highest BCUT2D eigenvalue weighted by Gasteiger charge is 2.20. The van der Waals surface area contributed by atoms with Gasteiger partial charge in [-0.15, -0.1) is 0 Å². The summed E-state index contributed by atoms with van der Waals surface area (Å²) in [6.45, 7) is 2.25. The van der Waals surface area contributed by atoms with Crippen molar-refractivity contribution in [1.82, 2.24) is 5.32 Å². The maximum Gasteiger partial charge on any atom is 0.321 e. The van der Waals surface area contributed by atoms with Gasteiger partial charge in [-0.05, 0) is 37.8 Å². The number of ketones is 1. The number of aryl methyl sites for hydroxylation is 1. The second-order valence-electron chi connectivity index (χ2n) is 4.92. The van der Waals surface area contributed by atoms with E-state index in [0.717, 1.165) is 36.9 Å². The van der Waals surface area contributed by atoms with Crippen molar-refractivity contribution in [3.05, 3.63) is 29.3 Å². The summed E-state index contributed by atoms with van der Waals surface area (Å²) in [5, 5.41) is 2.67. The average Bonchev–Trinajstić information content (AvgIpc) is 2.38. The van der Waals surface area contributed by atoms with Crippen LogP contribution in [-0.2, 0) is 6.42 Å². The van der Waals surface area contributed by atoms with E-state index in [1.807, 2.05) is 18.2 Å². The molecule has 19 heavy (non-hydrogen) atoms. The molecule has 0 aliphatic carbocycles. The molecule has 2 rings (SSSR count). The third kappa shape index (κ3) is 2.95. The summed E-state index contributed by atoms with van der Waals surface area (Å²) in [6, 6.07) is 5.57. The van der Waals surface area contributed by atoms with Gasteiger partial charge in [0.1, 0.15) is 0 Å². The van der Waals surface area contributed by atoms with Crippen molar-refractivity contribution >= 4 is 17.5 Å². The smallest absolute Gasteiger partial charge is 0.321 e. The summed E-state index contributed by atoms with van der Waals surface area (Å²) >= 11 is 0. The quantitative estimate of drug-likeness (QED) is 0.789. The summed E-state index contributed by atoms with van der Waals surface area (Å²) < 4.78 is 0. The maximum atomic E-state index is 12.0. The van der Waals surface area contributed by atoms with Crippen LogP contribution in [0.5, 0.6) is 0 Å². The van der Waals surface area contributed by atoms with Crippen LogP contribution in [0.2, 0.25) is 0 Å². The number of carbonyl (C=O) groups is 2. The van der Waals surface area contributed by atoms with Crippen LogP contribution in [-0.4, -0.2) is 25.4 Å². The molecule has 1 N–H and O–H groups in total. The molecule has 1 aromatic rings. The second kappa shape index (κ2) is 5.87. The topological polar surface area (TPSA) is 49.4 Å². The van der Waals surface area contributed by atoms with E-state index in [1.165, 1.54) is 0 Å². The van der Waals surface area contributed by atoms with Gasteiger partial charge < -0.3 is 5.32 Å². The number of anilines is 1. The molecule has 0 atom stereocenters. The lowest BCUT2D eigenvalue weighted by Gasteiger charge is -2.27. The van der Waals surface area contributed by atoms with Crippen molar-refractivity contribution in [3.8, 4) is 0 Å². The third-order valence-electron chi connectivity index (χ3n) is 3.57. The van der Waals surface area contributed by atoms with E-state index in [1.54, 1.807) is 18.9 Å². The first-order chi connectivity index (χ1) is 9.13. The summed E-state index contributed by atoms with van der Waals surface area (Å²) in [5.41, 5.74) is 2.69. The molecular weight excluding hydrogens is 240 g/mol. The van der Waals surface area contributed by atoms with Crippen LogP contribution in [0.25, 0.3) is 0 Å². The Morgan fingerprint density at radius 2 is 2.00 bits per heavy atom. The fraction of sp³-hybridized carbons (Fsp3) is 0.467. The van der Waals surface area contributed by atoms with Gasteiger partial charge >= 0.3 is 6.03 Å². The number of Topliss-reactive ketones (excluding diaryl/α,β-unsaturated/α-hetero) is 1. The summed E-state index contributed by atoms with van der Waals surface area (Å²) in [5.74, 6) is 0.0294. The zero-order valence-electron chi connectivity index (χ0n) is 11.5. The molecule has 102 valence electrons. The predicted molar refractivity (Wildman–Crippen MR) is 75.8 cm³/mol. The largest absolute Gasteiger partial charge is 0.341 e. The van der Waals surface area contributed by atoms with Gasteiger partial charge in [0.25, 0.3) is 0 Å². The first kappa shape index (κ1) is 13.6. The fourth-order valence-electron chi connectivity index (χ4n) is 2.47. The monoisotopic (exact) mass is 260 g/mol. The number of benzene rings is 1. The van der Waals surface area contributed by atoms with Crippen LogP contribution < -0.4 is 10.2 Å². The summed E-state index contributed by atoms with van der Waals surface area (Å²) in [7, 11) is 1.63. The number of hydrogen-bond acceptors (Lipinski definition) is 2. The van der Waals surface area contributed by atoms with Crippen molar-refractivity contribution in [2.24, 2.45) is 0 Å². The Morgan fingerprint density at radius 1 is 1.21 bits per heavy atom. The summed E-state index contributed by atoms with van der Waals surface area (Å²) in [4.78, 5) is 25.3. The van der Waals surface area contributed by atoms with Crippen LogP contribution in [0.15, 0.2) is 18.2 Å². The van der Waals surface area contributed by atoms with Crippen LogP contribution >= 0.6 is 0 Å². The first-order valence-corrected chi connectivity index (χ1v) is 6.76. The van der Waals surface area contributed by atoms with Gasteiger partial charge in [0, 0.05) is 24.8 Å². The molecular formula is C15H20N2O2. The van der Waals surface area contributed by atoms with E-state index in [-0.39, 0.29) is 11.8 Å². The van der Waals surface area contributed by atoms with Crippen LogP contribution in [0.3, 0.4) is 0 Å². The lowest BCUT2D eigenvalue weighted by atomic mass is 9.98. The number of nitrogens with zero attached hydrogens (tertiary/aromatic N) is 1. The molecule has 1 aromatic carbocycles. The molecule has 0 saturated carbocycles. The fourth-order valence-corrected chi connectivity index (χ4v) is 2.47. The van der Waals surface area contributed by atoms with Gasteiger partial charge in [0.2, 0.25) is 0 Å². The first-order valence-electron chi connectivity index (χ1n) is 6.76. The number of fused-ring (bicyclic) bond motifs is 1. The average molecular weight is 260 g/mol. The van der Waals surface area contributed by atoms with Gasteiger partial charge in [-0.3, -0.25) is 9.69 Å². The van der Waals surface area contributed by atoms with Crippen LogP contribution in [0, 0.1) is 0 Å². The SMILES string of the molecule is CNC(=O)N1CCCCCc2ccc(C(C)=O)cc21. The Hall–Kier alpha value is -1.84. The number of nitrogens with one attached hydrogen (secondary N) is 1. The highest BCUT2D eigenvalue weighted by Crippen LogP contribution is 2.27. The Kier molecular flexibility index (Phi) is 4.20. The van der Waals surface area contributed by atoms with Crippen LogP contribution in [0.4, 0.5) is 10.5 Å². The number of hydrogen-bond donors (Lipinski definition) is 1. The van der Waals surface area contributed by atoms with Crippen molar-refractivity contribution in [3.63, 3.8) is 0 Å². The standard InChI is InChI=1S/C15H20N2O2/c1-11(18)13-8-7-12-6-4-3-5-9-17(14(12)10-13)15(19)16-2/h7-8,10H,3-6,9H2,1-2H3,(H,16,19). The molecule has 4 heteroatoms. The number of carbonyl (C=O) groups excluding carboxylic acids is 2. The minimum absolute atomic E-state index is 0.0294. The highest BCUT2D eigenvalue weighted by atomic mass is 16.2. The Morgan fingerprint density at radius 3 is 2.68 bits per heavy atom. The normalized spacial score (nSPS) is 15.2. The molecule has 0 aromatic heterocycles. The van der Waals surface area contributed by atoms with Crippen molar-refractivity contribution in [2.45, 2.75) is 32.6 Å². The molecule has 0 bridgehead atoms. The molecule has 4 nitrogen and oxygen atoms in total. The Labute approximate surface area is 113 Å². The van der Waals surface area contributed by atoms with Crippen molar-refractivity contribution < 1.29 is 9.59 Å². The van der Waals surface area contributed by atoms with Gasteiger partial charge in [-0.2, -0.15) is 0 Å². The molecule has 0 spiro atoms. The second-order valence-corrected chi connectivity index (χ2v) is 4.92. The van der Waals surface area contributed by atoms with Gasteiger partial charge in [-0.1, -0.05) is 18.6 Å².